The summed E-state index contributed by atoms with van der Waals surface area (Å²) in [5.41, 5.74) is 3.70. The van der Waals surface area contributed by atoms with Crippen LogP contribution in [0.4, 0.5) is 23.2 Å². The van der Waals surface area contributed by atoms with Crippen LogP contribution in [-0.2, 0) is 13.1 Å². The minimum Gasteiger partial charge on any atom is -0.459 e. The standard InChI is InChI=1S/C21H18F4N4O2/c1-12-3-14(15-5-18(8-26-6-15)31-13(2)22)4-16-9-29(20(30)19(12)16)17-7-27-28(10-17)11-21(23,24)25/h3-8,10,13H,9,11H2,1-2H3. The Morgan fingerprint density at radius 2 is 1.94 bits per heavy atom. The lowest BCUT2D eigenvalue weighted by Crippen LogP contribution is -2.23. The van der Waals surface area contributed by atoms with Gasteiger partial charge in [-0.3, -0.25) is 14.5 Å². The Morgan fingerprint density at radius 1 is 1.16 bits per heavy atom. The molecule has 162 valence electrons. The molecule has 0 spiro atoms. The molecule has 4 rings (SSSR count). The normalized spacial score (nSPS) is 14.6. The average Bonchev–Trinajstić information content (AvgIpc) is 3.24. The molecule has 31 heavy (non-hydrogen) atoms. The van der Waals surface area contributed by atoms with Gasteiger partial charge in [-0.1, -0.05) is 6.07 Å². The van der Waals surface area contributed by atoms with Gasteiger partial charge in [-0.05, 0) is 35.7 Å². The fourth-order valence-corrected chi connectivity index (χ4v) is 3.63. The fraction of sp³-hybridized carbons (Fsp3) is 0.286. The summed E-state index contributed by atoms with van der Waals surface area (Å²) < 4.78 is 56.7. The highest BCUT2D eigenvalue weighted by Gasteiger charge is 2.33. The summed E-state index contributed by atoms with van der Waals surface area (Å²) in [6, 6.07) is 5.28. The van der Waals surface area contributed by atoms with Crippen LogP contribution in [0.1, 0.15) is 28.4 Å². The maximum atomic E-state index is 13.1. The largest absolute Gasteiger partial charge is 0.459 e. The van der Waals surface area contributed by atoms with E-state index in [0.29, 0.717) is 22.4 Å². The molecule has 0 saturated carbocycles. The predicted octanol–water partition coefficient (Wildman–Crippen LogP) is 4.67. The zero-order chi connectivity index (χ0) is 22.3. The third-order valence-corrected chi connectivity index (χ3v) is 4.82. The Hall–Kier alpha value is -3.43. The molecule has 0 N–H and O–H groups in total. The number of ether oxygens (including phenoxy) is 1. The highest BCUT2D eigenvalue weighted by Crippen LogP contribution is 2.34. The lowest BCUT2D eigenvalue weighted by molar-refractivity contribution is -0.142. The molecular weight excluding hydrogens is 416 g/mol. The Labute approximate surface area is 175 Å². The quantitative estimate of drug-likeness (QED) is 0.548. The molecule has 1 aromatic carbocycles. The third-order valence-electron chi connectivity index (χ3n) is 4.82. The maximum Gasteiger partial charge on any atom is 0.408 e. The van der Waals surface area contributed by atoms with Crippen LogP contribution in [0.3, 0.4) is 0 Å². The fourth-order valence-electron chi connectivity index (χ4n) is 3.63. The van der Waals surface area contributed by atoms with E-state index in [4.69, 9.17) is 4.74 Å². The summed E-state index contributed by atoms with van der Waals surface area (Å²) in [7, 11) is 0. The molecular formula is C21H18F4N4O2. The molecule has 0 saturated heterocycles. The number of halogens is 4. The van der Waals surface area contributed by atoms with Gasteiger partial charge in [0.2, 0.25) is 6.36 Å². The van der Waals surface area contributed by atoms with Crippen molar-refractivity contribution in [2.75, 3.05) is 4.90 Å². The Balaban J connectivity index is 1.63. The van der Waals surface area contributed by atoms with Crippen molar-refractivity contribution < 1.29 is 27.1 Å². The highest BCUT2D eigenvalue weighted by molar-refractivity contribution is 6.11. The molecule has 0 fully saturated rings. The molecule has 10 heteroatoms. The molecule has 0 bridgehead atoms. The Kier molecular flexibility index (Phi) is 5.16. The van der Waals surface area contributed by atoms with E-state index in [2.05, 4.69) is 10.1 Å². The van der Waals surface area contributed by atoms with Crippen molar-refractivity contribution in [3.63, 3.8) is 0 Å². The number of carbonyl (C=O) groups is 1. The van der Waals surface area contributed by atoms with Crippen molar-refractivity contribution in [3.8, 4) is 16.9 Å². The molecule has 2 aromatic heterocycles. The van der Waals surface area contributed by atoms with Crippen molar-refractivity contribution in [2.24, 2.45) is 0 Å². The van der Waals surface area contributed by atoms with Crippen molar-refractivity contribution in [2.45, 2.75) is 39.5 Å². The highest BCUT2D eigenvalue weighted by atomic mass is 19.4. The summed E-state index contributed by atoms with van der Waals surface area (Å²) in [5.74, 6) is -0.0208. The summed E-state index contributed by atoms with van der Waals surface area (Å²) in [6.45, 7) is 2.03. The molecule has 3 aromatic rings. The van der Waals surface area contributed by atoms with Crippen LogP contribution in [0.2, 0.25) is 0 Å². The summed E-state index contributed by atoms with van der Waals surface area (Å²) in [4.78, 5) is 18.4. The van der Waals surface area contributed by atoms with Gasteiger partial charge in [-0.25, -0.2) is 4.39 Å². The first-order valence-corrected chi connectivity index (χ1v) is 9.41. The van der Waals surface area contributed by atoms with Crippen molar-refractivity contribution in [1.29, 1.82) is 0 Å². The van der Waals surface area contributed by atoms with E-state index in [-0.39, 0.29) is 18.2 Å². The van der Waals surface area contributed by atoms with Crippen LogP contribution < -0.4 is 9.64 Å². The van der Waals surface area contributed by atoms with E-state index in [1.54, 1.807) is 19.2 Å². The zero-order valence-corrected chi connectivity index (χ0v) is 16.7. The van der Waals surface area contributed by atoms with Crippen molar-refractivity contribution in [3.05, 3.63) is 59.7 Å². The second-order valence-electron chi connectivity index (χ2n) is 7.30. The molecule has 3 heterocycles. The molecule has 1 aliphatic heterocycles. The van der Waals surface area contributed by atoms with E-state index >= 15 is 0 Å². The maximum absolute atomic E-state index is 13.1. The van der Waals surface area contributed by atoms with Gasteiger partial charge < -0.3 is 9.64 Å². The van der Waals surface area contributed by atoms with E-state index in [1.165, 1.54) is 30.4 Å². The van der Waals surface area contributed by atoms with E-state index in [9.17, 15) is 22.4 Å². The van der Waals surface area contributed by atoms with Crippen molar-refractivity contribution >= 4 is 11.6 Å². The number of alkyl halides is 4. The van der Waals surface area contributed by atoms with Crippen molar-refractivity contribution in [1.82, 2.24) is 14.8 Å². The van der Waals surface area contributed by atoms with E-state index < -0.39 is 19.1 Å². The smallest absolute Gasteiger partial charge is 0.408 e. The molecule has 1 aliphatic rings. The number of amides is 1. The van der Waals surface area contributed by atoms with Gasteiger partial charge in [0.25, 0.3) is 5.91 Å². The lowest BCUT2D eigenvalue weighted by Gasteiger charge is -2.12. The Morgan fingerprint density at radius 3 is 2.65 bits per heavy atom. The van der Waals surface area contributed by atoms with Gasteiger partial charge in [-0.15, -0.1) is 0 Å². The van der Waals surface area contributed by atoms with Crippen LogP contribution in [-0.4, -0.2) is 33.2 Å². The summed E-state index contributed by atoms with van der Waals surface area (Å²) in [6.07, 6.45) is -0.427. The number of benzene rings is 1. The topological polar surface area (TPSA) is 60.2 Å². The first-order valence-electron chi connectivity index (χ1n) is 9.41. The number of aromatic nitrogens is 3. The molecule has 6 nitrogen and oxygen atoms in total. The molecule has 0 radical (unpaired) electrons. The number of hydrogen-bond acceptors (Lipinski definition) is 4. The number of anilines is 1. The number of hydrogen-bond donors (Lipinski definition) is 0. The zero-order valence-electron chi connectivity index (χ0n) is 16.7. The SMILES string of the molecule is Cc1cc(-c2cncc(OC(C)F)c2)cc2c1C(=O)N(c1cnn(CC(F)(F)F)c1)C2. The first-order chi connectivity index (χ1) is 14.6. The monoisotopic (exact) mass is 434 g/mol. The second-order valence-corrected chi connectivity index (χ2v) is 7.30. The van der Waals surface area contributed by atoms with Gasteiger partial charge in [0, 0.05) is 30.4 Å². The molecule has 1 atom stereocenters. The summed E-state index contributed by atoms with van der Waals surface area (Å²) in [5, 5.41) is 3.71. The first kappa shape index (κ1) is 20.8. The van der Waals surface area contributed by atoms with Gasteiger partial charge in [-0.2, -0.15) is 18.3 Å². The minimum atomic E-state index is -4.40. The van der Waals surface area contributed by atoms with E-state index in [1.807, 2.05) is 12.1 Å². The number of carbonyl (C=O) groups excluding carboxylic acids is 1. The van der Waals surface area contributed by atoms with Crippen LogP contribution in [0.5, 0.6) is 5.75 Å². The average molecular weight is 434 g/mol. The number of rotatable bonds is 5. The second kappa shape index (κ2) is 7.68. The number of nitrogens with zero attached hydrogens (tertiary/aromatic N) is 4. The van der Waals surface area contributed by atoms with Gasteiger partial charge in [0.05, 0.1) is 24.6 Å². The third kappa shape index (κ3) is 4.37. The number of pyridine rings is 1. The number of aryl methyl sites for hydroxylation is 1. The van der Waals surface area contributed by atoms with Gasteiger partial charge in [0.1, 0.15) is 12.3 Å². The Bertz CT molecular complexity index is 1140. The number of fused-ring (bicyclic) bond motifs is 1. The van der Waals surface area contributed by atoms with Gasteiger partial charge >= 0.3 is 6.18 Å². The minimum absolute atomic E-state index is 0.200. The molecule has 1 amide bonds. The summed E-state index contributed by atoms with van der Waals surface area (Å²) >= 11 is 0. The van der Waals surface area contributed by atoms with Crippen LogP contribution >= 0.6 is 0 Å². The van der Waals surface area contributed by atoms with Crippen LogP contribution in [0.25, 0.3) is 11.1 Å². The predicted molar refractivity (Wildman–Crippen MR) is 104 cm³/mol. The van der Waals surface area contributed by atoms with Crippen LogP contribution in [0.15, 0.2) is 43.0 Å². The lowest BCUT2D eigenvalue weighted by atomic mass is 9.97. The molecule has 1 unspecified atom stereocenters. The van der Waals surface area contributed by atoms with E-state index in [0.717, 1.165) is 15.8 Å². The molecule has 0 aliphatic carbocycles. The van der Waals surface area contributed by atoms with Gasteiger partial charge in [0.15, 0.2) is 0 Å². The van der Waals surface area contributed by atoms with Crippen LogP contribution in [0, 0.1) is 6.92 Å².